The average Bonchev–Trinajstić information content (AvgIpc) is 3.23. The normalized spacial score (nSPS) is 25.0. The summed E-state index contributed by atoms with van der Waals surface area (Å²) < 4.78 is 15.5. The molecule has 2 aromatic heterocycles. The van der Waals surface area contributed by atoms with Gasteiger partial charge in [-0.15, -0.1) is 11.3 Å². The van der Waals surface area contributed by atoms with Crippen LogP contribution in [0.4, 0.5) is 10.2 Å². The molecule has 29 heavy (non-hydrogen) atoms. The van der Waals surface area contributed by atoms with Gasteiger partial charge in [-0.2, -0.15) is 0 Å². The number of hydrogen-bond acceptors (Lipinski definition) is 6. The summed E-state index contributed by atoms with van der Waals surface area (Å²) in [5.41, 5.74) is -0.755. The molecule has 0 saturated carbocycles. The van der Waals surface area contributed by atoms with Crippen LogP contribution < -0.4 is 4.90 Å². The van der Waals surface area contributed by atoms with Gasteiger partial charge in [0.15, 0.2) is 5.67 Å². The number of fused-ring (bicyclic) bond motifs is 1. The topological polar surface area (TPSA) is 35.5 Å². The number of thiophene rings is 1. The zero-order chi connectivity index (χ0) is 20.4. The van der Waals surface area contributed by atoms with Gasteiger partial charge >= 0.3 is 0 Å². The highest BCUT2D eigenvalue weighted by Gasteiger charge is 2.57. The summed E-state index contributed by atoms with van der Waals surface area (Å²) in [5, 5.41) is 1.20. The van der Waals surface area contributed by atoms with Gasteiger partial charge in [0.1, 0.15) is 17.0 Å². The minimum absolute atomic E-state index is 0.0353. The maximum absolute atomic E-state index is 15.5. The lowest BCUT2D eigenvalue weighted by molar-refractivity contribution is -0.140. The Kier molecular flexibility index (Phi) is 4.64. The van der Waals surface area contributed by atoms with Gasteiger partial charge in [0.25, 0.3) is 0 Å². The van der Waals surface area contributed by atoms with Gasteiger partial charge in [-0.1, -0.05) is 20.8 Å². The van der Waals surface area contributed by atoms with Crippen LogP contribution in [0.5, 0.6) is 0 Å². The molecule has 5 nitrogen and oxygen atoms in total. The van der Waals surface area contributed by atoms with Gasteiger partial charge in [0.05, 0.1) is 5.39 Å². The van der Waals surface area contributed by atoms with E-state index in [-0.39, 0.29) is 6.04 Å². The largest absolute Gasteiger partial charge is 0.355 e. The minimum Gasteiger partial charge on any atom is -0.355 e. The number of likely N-dealkylation sites (tertiary alicyclic amines) is 2. The van der Waals surface area contributed by atoms with Crippen LogP contribution in [0.2, 0.25) is 0 Å². The first-order valence-electron chi connectivity index (χ1n) is 10.9. The van der Waals surface area contributed by atoms with Crippen molar-refractivity contribution in [3.05, 3.63) is 17.3 Å². The Balaban J connectivity index is 1.30. The molecule has 0 bridgehead atoms. The third-order valence-electron chi connectivity index (χ3n) is 7.14. The van der Waals surface area contributed by atoms with Gasteiger partial charge in [-0.05, 0) is 31.9 Å². The van der Waals surface area contributed by atoms with Crippen LogP contribution in [0.15, 0.2) is 12.4 Å². The van der Waals surface area contributed by atoms with Crippen molar-refractivity contribution in [2.45, 2.75) is 45.3 Å². The van der Waals surface area contributed by atoms with E-state index in [1.165, 1.54) is 16.7 Å². The lowest BCUT2D eigenvalue weighted by atomic mass is 9.73. The van der Waals surface area contributed by atoms with Gasteiger partial charge < -0.3 is 4.90 Å². The number of hydrogen-bond donors (Lipinski definition) is 0. The summed E-state index contributed by atoms with van der Waals surface area (Å²) in [5.74, 6) is 1.42. The van der Waals surface area contributed by atoms with E-state index in [1.54, 1.807) is 17.7 Å². The summed E-state index contributed by atoms with van der Waals surface area (Å²) in [6.45, 7) is 11.8. The number of aromatic nitrogens is 2. The van der Waals surface area contributed by atoms with E-state index in [0.29, 0.717) is 24.4 Å². The predicted octanol–water partition coefficient (Wildman–Crippen LogP) is 3.44. The van der Waals surface area contributed by atoms with Crippen LogP contribution in [0.3, 0.4) is 0 Å². The van der Waals surface area contributed by atoms with Crippen molar-refractivity contribution in [1.82, 2.24) is 19.8 Å². The number of aryl methyl sites for hydroxylation is 1. The van der Waals surface area contributed by atoms with E-state index in [2.05, 4.69) is 51.5 Å². The molecule has 1 spiro atoms. The summed E-state index contributed by atoms with van der Waals surface area (Å²) >= 11 is 1.78. The van der Waals surface area contributed by atoms with Crippen molar-refractivity contribution in [3.8, 4) is 0 Å². The quantitative estimate of drug-likeness (QED) is 0.745. The van der Waals surface area contributed by atoms with Crippen molar-refractivity contribution in [2.75, 3.05) is 51.2 Å². The van der Waals surface area contributed by atoms with Gasteiger partial charge in [0.2, 0.25) is 0 Å². The number of halogens is 1. The Morgan fingerprint density at radius 1 is 1.17 bits per heavy atom. The van der Waals surface area contributed by atoms with Crippen molar-refractivity contribution in [2.24, 2.45) is 11.3 Å². The van der Waals surface area contributed by atoms with Crippen LogP contribution in [0, 0.1) is 11.3 Å². The molecule has 0 radical (unpaired) electrons. The Morgan fingerprint density at radius 3 is 2.59 bits per heavy atom. The van der Waals surface area contributed by atoms with Crippen molar-refractivity contribution in [3.63, 3.8) is 0 Å². The molecular weight excluding hydrogens is 385 g/mol. The number of anilines is 1. The summed E-state index contributed by atoms with van der Waals surface area (Å²) in [6, 6.07) is 2.30. The Morgan fingerprint density at radius 2 is 1.93 bits per heavy atom. The Bertz CT molecular complexity index is 900. The molecule has 0 amide bonds. The van der Waals surface area contributed by atoms with E-state index in [1.807, 2.05) is 7.05 Å². The van der Waals surface area contributed by atoms with Gasteiger partial charge in [0, 0.05) is 55.6 Å². The fraction of sp³-hybridized carbons (Fsp3) is 0.727. The predicted molar refractivity (Wildman–Crippen MR) is 118 cm³/mol. The first kappa shape index (κ1) is 19.6. The molecule has 5 rings (SSSR count). The zero-order valence-electron chi connectivity index (χ0n) is 18.0. The van der Waals surface area contributed by atoms with Crippen molar-refractivity contribution >= 4 is 27.4 Å². The molecule has 158 valence electrons. The first-order valence-corrected chi connectivity index (χ1v) is 11.7. The molecule has 3 saturated heterocycles. The number of alkyl halides is 1. The molecule has 3 fully saturated rings. The van der Waals surface area contributed by atoms with Crippen LogP contribution in [0.1, 0.15) is 32.1 Å². The van der Waals surface area contributed by atoms with Crippen molar-refractivity contribution in [1.29, 1.82) is 0 Å². The second-order valence-corrected chi connectivity index (χ2v) is 11.1. The van der Waals surface area contributed by atoms with Gasteiger partial charge in [-0.3, -0.25) is 9.80 Å². The third-order valence-corrected chi connectivity index (χ3v) is 8.33. The van der Waals surface area contributed by atoms with E-state index in [0.717, 1.165) is 43.2 Å². The standard InChI is InChI=1S/C22H32FN5S/c1-5-16-8-17-19(24-14-25-20(17)29-16)27-7-6-21(9-27)10-28(11-21)18(15(2)3)22(23)12-26(4)13-22/h8,14-15,18H,5-7,9-13H2,1-4H3/t18-/m0/s1. The van der Waals surface area contributed by atoms with Crippen LogP contribution in [-0.4, -0.2) is 77.8 Å². The van der Waals surface area contributed by atoms with Crippen molar-refractivity contribution < 1.29 is 4.39 Å². The molecule has 0 aliphatic carbocycles. The lowest BCUT2D eigenvalue weighted by Gasteiger charge is -2.59. The van der Waals surface area contributed by atoms with E-state index in [9.17, 15) is 0 Å². The molecule has 5 heterocycles. The maximum Gasteiger partial charge on any atom is 0.151 e. The fourth-order valence-electron chi connectivity index (χ4n) is 6.09. The lowest BCUT2D eigenvalue weighted by Crippen LogP contribution is -2.73. The van der Waals surface area contributed by atoms with Crippen LogP contribution >= 0.6 is 11.3 Å². The Labute approximate surface area is 176 Å². The van der Waals surface area contributed by atoms with E-state index in [4.69, 9.17) is 0 Å². The van der Waals surface area contributed by atoms with Crippen LogP contribution in [0.25, 0.3) is 10.2 Å². The SMILES string of the molecule is CCc1cc2c(N3CCC4(C3)CN([C@@H](C(C)C)C3(F)CN(C)C3)C4)ncnc2s1. The molecule has 1 atom stereocenters. The zero-order valence-corrected chi connectivity index (χ0v) is 18.8. The maximum atomic E-state index is 15.5. The summed E-state index contributed by atoms with van der Waals surface area (Å²) in [6.07, 6.45) is 3.92. The second kappa shape index (κ2) is 6.86. The van der Waals surface area contributed by atoms with Gasteiger partial charge in [-0.25, -0.2) is 14.4 Å². The molecular formula is C22H32FN5S. The molecule has 3 aliphatic heterocycles. The highest BCUT2D eigenvalue weighted by molar-refractivity contribution is 7.18. The highest BCUT2D eigenvalue weighted by Crippen LogP contribution is 2.47. The molecule has 0 N–H and O–H groups in total. The second-order valence-electron chi connectivity index (χ2n) is 9.95. The average molecular weight is 418 g/mol. The highest BCUT2D eigenvalue weighted by atomic mass is 32.1. The number of nitrogens with zero attached hydrogens (tertiary/aromatic N) is 5. The third kappa shape index (κ3) is 3.17. The smallest absolute Gasteiger partial charge is 0.151 e. The molecule has 3 aliphatic rings. The first-order chi connectivity index (χ1) is 13.8. The summed E-state index contributed by atoms with van der Waals surface area (Å²) in [7, 11) is 2.01. The molecule has 0 aromatic carbocycles. The Hall–Kier alpha value is -1.31. The molecule has 0 unspecified atom stereocenters. The minimum atomic E-state index is -1.05. The summed E-state index contributed by atoms with van der Waals surface area (Å²) in [4.78, 5) is 18.6. The number of rotatable bonds is 5. The monoisotopic (exact) mass is 417 g/mol. The van der Waals surface area contributed by atoms with Crippen LogP contribution in [-0.2, 0) is 6.42 Å². The van der Waals surface area contributed by atoms with E-state index >= 15 is 4.39 Å². The molecule has 7 heteroatoms. The van der Waals surface area contributed by atoms with E-state index < -0.39 is 5.67 Å². The fourth-order valence-corrected chi connectivity index (χ4v) is 7.02. The molecule has 2 aromatic rings.